The third-order valence-corrected chi connectivity index (χ3v) is 6.66. The SMILES string of the molecule is CCc1ccc(NCC2CCC(NS(=O)(=O)C(C)C)CC2)cc1. The fraction of sp³-hybridized carbons (Fsp3) is 0.667. The second kappa shape index (κ2) is 8.15. The summed E-state index contributed by atoms with van der Waals surface area (Å²) in [7, 11) is -3.14. The highest BCUT2D eigenvalue weighted by Crippen LogP contribution is 2.25. The first kappa shape index (κ1) is 18.3. The Kier molecular flexibility index (Phi) is 6.48. The van der Waals surface area contributed by atoms with Gasteiger partial charge in [-0.25, -0.2) is 13.1 Å². The second-order valence-corrected chi connectivity index (χ2v) is 9.13. The van der Waals surface area contributed by atoms with Gasteiger partial charge in [0.1, 0.15) is 0 Å². The molecule has 0 unspecified atom stereocenters. The second-order valence-electron chi connectivity index (χ2n) is 6.86. The lowest BCUT2D eigenvalue weighted by Crippen LogP contribution is -2.41. The van der Waals surface area contributed by atoms with Crippen molar-refractivity contribution in [2.75, 3.05) is 11.9 Å². The first-order valence-corrected chi connectivity index (χ1v) is 10.3. The van der Waals surface area contributed by atoms with Gasteiger partial charge >= 0.3 is 0 Å². The Balaban J connectivity index is 1.74. The van der Waals surface area contributed by atoms with Crippen molar-refractivity contribution in [1.29, 1.82) is 0 Å². The van der Waals surface area contributed by atoms with E-state index in [1.54, 1.807) is 13.8 Å². The van der Waals surface area contributed by atoms with Crippen LogP contribution in [0.3, 0.4) is 0 Å². The lowest BCUT2D eigenvalue weighted by atomic mass is 9.86. The minimum absolute atomic E-state index is 0.113. The van der Waals surface area contributed by atoms with Crippen LogP contribution >= 0.6 is 0 Å². The summed E-state index contributed by atoms with van der Waals surface area (Å²) in [6.07, 6.45) is 5.09. The van der Waals surface area contributed by atoms with Crippen molar-refractivity contribution in [2.45, 2.75) is 64.2 Å². The summed E-state index contributed by atoms with van der Waals surface area (Å²) in [5, 5.41) is 3.15. The zero-order valence-electron chi connectivity index (χ0n) is 14.5. The van der Waals surface area contributed by atoms with Crippen LogP contribution in [-0.2, 0) is 16.4 Å². The molecule has 2 rings (SSSR count). The third kappa shape index (κ3) is 5.50. The molecule has 0 radical (unpaired) electrons. The average molecular weight is 339 g/mol. The van der Waals surface area contributed by atoms with E-state index in [1.807, 2.05) is 0 Å². The highest BCUT2D eigenvalue weighted by molar-refractivity contribution is 7.90. The molecule has 1 aliphatic carbocycles. The predicted molar refractivity (Wildman–Crippen MR) is 97.2 cm³/mol. The highest BCUT2D eigenvalue weighted by Gasteiger charge is 2.26. The van der Waals surface area contributed by atoms with E-state index in [9.17, 15) is 8.42 Å². The smallest absolute Gasteiger partial charge is 0.214 e. The van der Waals surface area contributed by atoms with E-state index < -0.39 is 10.0 Å². The van der Waals surface area contributed by atoms with Crippen molar-refractivity contribution in [2.24, 2.45) is 5.92 Å². The summed E-state index contributed by atoms with van der Waals surface area (Å²) in [6, 6.07) is 8.73. The third-order valence-electron chi connectivity index (χ3n) is 4.76. The van der Waals surface area contributed by atoms with Crippen LogP contribution in [-0.4, -0.2) is 26.3 Å². The monoisotopic (exact) mass is 338 g/mol. The lowest BCUT2D eigenvalue weighted by Gasteiger charge is -2.29. The molecule has 0 saturated heterocycles. The van der Waals surface area contributed by atoms with Crippen LogP contribution in [0.1, 0.15) is 52.0 Å². The predicted octanol–water partition coefficient (Wildman–Crippen LogP) is 3.55. The topological polar surface area (TPSA) is 58.2 Å². The van der Waals surface area contributed by atoms with E-state index in [0.29, 0.717) is 5.92 Å². The molecule has 1 aromatic rings. The van der Waals surface area contributed by atoms with Crippen LogP contribution in [0.25, 0.3) is 0 Å². The summed E-state index contributed by atoms with van der Waals surface area (Å²) >= 11 is 0. The first-order chi connectivity index (χ1) is 10.9. The van der Waals surface area contributed by atoms with Crippen LogP contribution in [0.4, 0.5) is 5.69 Å². The molecule has 23 heavy (non-hydrogen) atoms. The zero-order chi connectivity index (χ0) is 16.9. The van der Waals surface area contributed by atoms with E-state index in [1.165, 1.54) is 11.3 Å². The Morgan fingerprint density at radius 3 is 2.22 bits per heavy atom. The summed E-state index contributed by atoms with van der Waals surface area (Å²) in [5.41, 5.74) is 2.53. The van der Waals surface area contributed by atoms with Gasteiger partial charge < -0.3 is 5.32 Å². The van der Waals surface area contributed by atoms with E-state index >= 15 is 0 Å². The van der Waals surface area contributed by atoms with Crippen molar-refractivity contribution in [3.8, 4) is 0 Å². The average Bonchev–Trinajstić information content (AvgIpc) is 2.54. The quantitative estimate of drug-likeness (QED) is 0.799. The van der Waals surface area contributed by atoms with E-state index in [0.717, 1.165) is 38.6 Å². The van der Waals surface area contributed by atoms with Gasteiger partial charge in [-0.2, -0.15) is 0 Å². The van der Waals surface area contributed by atoms with Crippen LogP contribution in [0, 0.1) is 5.92 Å². The van der Waals surface area contributed by atoms with Gasteiger partial charge in [-0.05, 0) is 69.6 Å². The van der Waals surface area contributed by atoms with E-state index in [4.69, 9.17) is 0 Å². The van der Waals surface area contributed by atoms with Crippen molar-refractivity contribution in [3.63, 3.8) is 0 Å². The molecule has 0 spiro atoms. The molecule has 0 amide bonds. The molecule has 0 bridgehead atoms. The van der Waals surface area contributed by atoms with Gasteiger partial charge in [-0.3, -0.25) is 0 Å². The minimum atomic E-state index is -3.14. The molecule has 4 nitrogen and oxygen atoms in total. The van der Waals surface area contributed by atoms with Crippen LogP contribution in [0.5, 0.6) is 0 Å². The van der Waals surface area contributed by atoms with E-state index in [-0.39, 0.29) is 11.3 Å². The molecule has 0 aliphatic heterocycles. The lowest BCUT2D eigenvalue weighted by molar-refractivity contribution is 0.323. The first-order valence-electron chi connectivity index (χ1n) is 8.74. The molecule has 130 valence electrons. The fourth-order valence-electron chi connectivity index (χ4n) is 2.97. The normalized spacial score (nSPS) is 22.3. The summed E-state index contributed by atoms with van der Waals surface area (Å²) in [5.74, 6) is 0.626. The molecule has 1 fully saturated rings. The molecule has 1 aromatic carbocycles. The van der Waals surface area contributed by atoms with Crippen LogP contribution in [0.2, 0.25) is 0 Å². The number of hydrogen-bond acceptors (Lipinski definition) is 3. The summed E-state index contributed by atoms with van der Waals surface area (Å²) < 4.78 is 26.7. The maximum atomic E-state index is 11.9. The Bertz CT molecular complexity index is 574. The number of nitrogens with one attached hydrogen (secondary N) is 2. The number of rotatable bonds is 7. The molecule has 0 aromatic heterocycles. The maximum absolute atomic E-state index is 11.9. The van der Waals surface area contributed by atoms with Crippen molar-refractivity contribution < 1.29 is 8.42 Å². The molecular weight excluding hydrogens is 308 g/mol. The fourth-order valence-corrected chi connectivity index (χ4v) is 3.95. The van der Waals surface area contributed by atoms with Crippen molar-refractivity contribution in [3.05, 3.63) is 29.8 Å². The van der Waals surface area contributed by atoms with Gasteiger partial charge in [-0.1, -0.05) is 19.1 Å². The number of sulfonamides is 1. The zero-order valence-corrected chi connectivity index (χ0v) is 15.3. The van der Waals surface area contributed by atoms with Gasteiger partial charge in [0.15, 0.2) is 0 Å². The van der Waals surface area contributed by atoms with Gasteiger partial charge in [0, 0.05) is 18.3 Å². The van der Waals surface area contributed by atoms with Gasteiger partial charge in [-0.15, -0.1) is 0 Å². The minimum Gasteiger partial charge on any atom is -0.385 e. The Morgan fingerprint density at radius 1 is 1.09 bits per heavy atom. The molecule has 0 atom stereocenters. The van der Waals surface area contributed by atoms with Crippen molar-refractivity contribution >= 4 is 15.7 Å². The molecule has 1 saturated carbocycles. The Labute approximate surface area is 141 Å². The molecule has 2 N–H and O–H groups in total. The molecule has 0 heterocycles. The molecule has 5 heteroatoms. The van der Waals surface area contributed by atoms with Crippen LogP contribution in [0.15, 0.2) is 24.3 Å². The Morgan fingerprint density at radius 2 is 1.70 bits per heavy atom. The Hall–Kier alpha value is -1.07. The summed E-state index contributed by atoms with van der Waals surface area (Å²) in [6.45, 7) is 6.58. The number of benzene rings is 1. The van der Waals surface area contributed by atoms with Crippen LogP contribution < -0.4 is 10.0 Å². The highest BCUT2D eigenvalue weighted by atomic mass is 32.2. The summed E-state index contributed by atoms with van der Waals surface area (Å²) in [4.78, 5) is 0. The number of aryl methyl sites for hydroxylation is 1. The van der Waals surface area contributed by atoms with Gasteiger partial charge in [0.2, 0.25) is 10.0 Å². The maximum Gasteiger partial charge on any atom is 0.214 e. The largest absolute Gasteiger partial charge is 0.385 e. The number of anilines is 1. The standard InChI is InChI=1S/C18H30N2O2S/c1-4-15-5-9-17(10-6-15)19-13-16-7-11-18(12-8-16)20-23(21,22)14(2)3/h5-6,9-10,14,16,18-20H,4,7-8,11-13H2,1-3H3. The number of hydrogen-bond donors (Lipinski definition) is 2. The van der Waals surface area contributed by atoms with Crippen molar-refractivity contribution in [1.82, 2.24) is 4.72 Å². The van der Waals surface area contributed by atoms with E-state index in [2.05, 4.69) is 41.2 Å². The molecule has 1 aliphatic rings. The molecular formula is C18H30N2O2S. The van der Waals surface area contributed by atoms with Gasteiger partial charge in [0.25, 0.3) is 0 Å². The van der Waals surface area contributed by atoms with Gasteiger partial charge in [0.05, 0.1) is 5.25 Å².